The highest BCUT2D eigenvalue weighted by atomic mass is 35.5. The summed E-state index contributed by atoms with van der Waals surface area (Å²) in [7, 11) is -2.11. The van der Waals surface area contributed by atoms with E-state index in [4.69, 9.17) is 35.5 Å². The highest BCUT2D eigenvalue weighted by Gasteiger charge is 2.52. The molecule has 1 saturated carbocycles. The van der Waals surface area contributed by atoms with E-state index in [0.717, 1.165) is 83.3 Å². The standard InChI is InChI=1S/C49H50ClN7O7S/c1-27-30(32-8-5-9-35-33(32)11-13-41(35)63-47-38(50)20-29(45(53-47)62-3)23-56-25-49(26-56)16-14-42(58)54-49)6-4-7-31(27)46-52-39-21-36-34(37(22-51)43(39)64-46)10-12-40(36)57-19-15-28(24-57)44(59)55-65(60,61)48(2)17-18-48/h4-9,20-21,28,40-41H,10-19,23-26H2,1-3H3,(H,54,58)(H,55,59)/t28-,40-,41+/m1/s1. The first kappa shape index (κ1) is 42.1. The van der Waals surface area contributed by atoms with Crippen LogP contribution in [0.5, 0.6) is 11.8 Å². The number of hydrogen-bond donors (Lipinski definition) is 2. The van der Waals surface area contributed by atoms with Crippen LogP contribution in [0.4, 0.5) is 0 Å². The number of oxazole rings is 1. The molecular formula is C49H50ClN7O7S. The molecule has 4 fully saturated rings. The Bertz CT molecular complexity index is 2990. The van der Waals surface area contributed by atoms with Crippen molar-refractivity contribution < 1.29 is 31.9 Å². The second kappa shape index (κ2) is 15.5. The number of aromatic nitrogens is 2. The minimum absolute atomic E-state index is 0.0180. The lowest BCUT2D eigenvalue weighted by Crippen LogP contribution is -2.66. The molecular weight excluding hydrogens is 866 g/mol. The summed E-state index contributed by atoms with van der Waals surface area (Å²) in [5.41, 5.74) is 10.5. The summed E-state index contributed by atoms with van der Waals surface area (Å²) >= 11 is 6.85. The van der Waals surface area contributed by atoms with Gasteiger partial charge in [-0.05, 0) is 129 Å². The van der Waals surface area contributed by atoms with Gasteiger partial charge >= 0.3 is 0 Å². The Labute approximate surface area is 382 Å². The third kappa shape index (κ3) is 7.15. The van der Waals surface area contributed by atoms with Crippen molar-refractivity contribution >= 4 is 44.5 Å². The fourth-order valence-corrected chi connectivity index (χ4v) is 12.7. The van der Waals surface area contributed by atoms with Crippen LogP contribution in [0.3, 0.4) is 0 Å². The SMILES string of the molecule is COc1nc(O[C@H]2CCc3c(-c4cccc(-c5nc6cc7c(c(C#N)c6o5)CC[C@H]7N5CC[C@@H](C(=O)NS(=O)(=O)C6(C)CC6)C5)c4C)cccc32)c(Cl)cc1CN1CC2(CCC(=O)N2)C1. The number of carbonyl (C=O) groups is 2. The minimum Gasteiger partial charge on any atom is -0.481 e. The van der Waals surface area contributed by atoms with Gasteiger partial charge in [0, 0.05) is 49.8 Å². The Morgan fingerprint density at radius 1 is 1.00 bits per heavy atom. The first-order chi connectivity index (χ1) is 31.3. The number of pyridine rings is 1. The van der Waals surface area contributed by atoms with E-state index in [-0.39, 0.29) is 23.6 Å². The number of fused-ring (bicyclic) bond motifs is 3. The average molecular weight is 917 g/mol. The van der Waals surface area contributed by atoms with Gasteiger partial charge in [-0.2, -0.15) is 10.2 Å². The molecule has 0 bridgehead atoms. The molecule has 2 aromatic heterocycles. The van der Waals surface area contributed by atoms with Gasteiger partial charge in [-0.1, -0.05) is 41.9 Å². The molecule has 1 spiro atoms. The fraction of sp³-hybridized carbons (Fsp3) is 0.449. The van der Waals surface area contributed by atoms with Gasteiger partial charge < -0.3 is 19.2 Å². The van der Waals surface area contributed by atoms with E-state index in [0.29, 0.717) is 91.1 Å². The van der Waals surface area contributed by atoms with Gasteiger partial charge in [-0.15, -0.1) is 0 Å². The van der Waals surface area contributed by atoms with Gasteiger partial charge in [0.25, 0.3) is 0 Å². The Balaban J connectivity index is 0.821. The number of sulfonamides is 1. The maximum atomic E-state index is 13.1. The van der Waals surface area contributed by atoms with E-state index in [1.807, 2.05) is 24.3 Å². The van der Waals surface area contributed by atoms with Gasteiger partial charge in [-0.25, -0.2) is 13.4 Å². The number of nitrogens with one attached hydrogen (secondary N) is 2. The lowest BCUT2D eigenvalue weighted by Gasteiger charge is -2.48. The zero-order valence-electron chi connectivity index (χ0n) is 36.6. The lowest BCUT2D eigenvalue weighted by molar-refractivity contribution is -0.123. The summed E-state index contributed by atoms with van der Waals surface area (Å²) in [4.78, 5) is 39.2. The molecule has 16 heteroatoms. The third-order valence-electron chi connectivity index (χ3n) is 15.0. The number of carbonyl (C=O) groups excluding carboxylic acids is 2. The van der Waals surface area contributed by atoms with E-state index >= 15 is 0 Å². The zero-order valence-corrected chi connectivity index (χ0v) is 38.2. The summed E-state index contributed by atoms with van der Waals surface area (Å²) in [6.07, 6.45) is 5.89. The van der Waals surface area contributed by atoms with E-state index in [1.54, 1.807) is 14.0 Å². The van der Waals surface area contributed by atoms with Crippen LogP contribution in [0.1, 0.15) is 103 Å². The predicted octanol–water partition coefficient (Wildman–Crippen LogP) is 7.24. The molecule has 11 rings (SSSR count). The molecule has 2 amide bonds. The summed E-state index contributed by atoms with van der Waals surface area (Å²) in [5, 5.41) is 14.1. The molecule has 65 heavy (non-hydrogen) atoms. The summed E-state index contributed by atoms with van der Waals surface area (Å²) in [6.45, 7) is 7.02. The maximum Gasteiger partial charge on any atom is 0.240 e. The summed E-state index contributed by atoms with van der Waals surface area (Å²) in [6, 6.07) is 18.7. The van der Waals surface area contributed by atoms with E-state index in [1.165, 1.54) is 5.56 Å². The first-order valence-electron chi connectivity index (χ1n) is 22.6. The second-order valence-corrected chi connectivity index (χ2v) is 21.8. The van der Waals surface area contributed by atoms with Crippen LogP contribution >= 0.6 is 11.6 Å². The van der Waals surface area contributed by atoms with Gasteiger partial charge in [0.15, 0.2) is 5.58 Å². The van der Waals surface area contributed by atoms with Crippen LogP contribution in [-0.4, -0.2) is 83.6 Å². The Morgan fingerprint density at radius 2 is 1.77 bits per heavy atom. The van der Waals surface area contributed by atoms with Crippen molar-refractivity contribution in [1.82, 2.24) is 29.8 Å². The summed E-state index contributed by atoms with van der Waals surface area (Å²) < 4.78 is 45.9. The van der Waals surface area contributed by atoms with Crippen molar-refractivity contribution in [3.63, 3.8) is 0 Å². The van der Waals surface area contributed by atoms with Crippen LogP contribution in [0.25, 0.3) is 33.7 Å². The first-order valence-corrected chi connectivity index (χ1v) is 24.4. The zero-order chi connectivity index (χ0) is 45.0. The fourth-order valence-electron chi connectivity index (χ4n) is 11.1. The van der Waals surface area contributed by atoms with Crippen LogP contribution < -0.4 is 19.5 Å². The number of nitriles is 1. The molecule has 5 heterocycles. The molecule has 0 unspecified atom stereocenters. The maximum absolute atomic E-state index is 13.1. The normalized spacial score (nSPS) is 22.9. The summed E-state index contributed by atoms with van der Waals surface area (Å²) in [5.74, 6) is 0.485. The largest absolute Gasteiger partial charge is 0.481 e. The molecule has 3 aliphatic carbocycles. The van der Waals surface area contributed by atoms with Crippen molar-refractivity contribution in [3.8, 4) is 40.4 Å². The number of benzene rings is 3. The highest BCUT2D eigenvalue weighted by Crippen LogP contribution is 2.47. The Kier molecular flexibility index (Phi) is 10.1. The van der Waals surface area contributed by atoms with E-state index in [9.17, 15) is 23.3 Å². The number of rotatable bonds is 11. The molecule has 14 nitrogen and oxygen atoms in total. The molecule has 6 aliphatic rings. The van der Waals surface area contributed by atoms with Crippen LogP contribution in [0, 0.1) is 24.2 Å². The second-order valence-electron chi connectivity index (χ2n) is 19.2. The number of likely N-dealkylation sites (tertiary alicyclic amines) is 2. The van der Waals surface area contributed by atoms with Crippen LogP contribution in [-0.2, 0) is 39.0 Å². The number of nitrogens with zero attached hydrogens (tertiary/aromatic N) is 5. The smallest absolute Gasteiger partial charge is 0.240 e. The van der Waals surface area contributed by atoms with Gasteiger partial charge in [0.2, 0.25) is 39.5 Å². The van der Waals surface area contributed by atoms with Gasteiger partial charge in [0.1, 0.15) is 28.3 Å². The van der Waals surface area contributed by atoms with Crippen LogP contribution in [0.2, 0.25) is 5.02 Å². The predicted molar refractivity (Wildman–Crippen MR) is 243 cm³/mol. The molecule has 3 aliphatic heterocycles. The highest BCUT2D eigenvalue weighted by molar-refractivity contribution is 7.91. The molecule has 2 N–H and O–H groups in total. The Hall–Kier alpha value is -5.53. The molecule has 336 valence electrons. The topological polar surface area (TPSA) is 180 Å². The number of hydrogen-bond acceptors (Lipinski definition) is 12. The van der Waals surface area contributed by atoms with Crippen LogP contribution in [0.15, 0.2) is 52.9 Å². The lowest BCUT2D eigenvalue weighted by atomic mass is 9.88. The van der Waals surface area contributed by atoms with E-state index < -0.39 is 26.6 Å². The van der Waals surface area contributed by atoms with Crippen molar-refractivity contribution in [1.29, 1.82) is 5.26 Å². The third-order valence-corrected chi connectivity index (χ3v) is 17.5. The number of amides is 2. The molecule has 3 saturated heterocycles. The van der Waals surface area contributed by atoms with Crippen molar-refractivity contribution in [2.45, 2.75) is 101 Å². The number of halogens is 1. The molecule has 0 radical (unpaired) electrons. The van der Waals surface area contributed by atoms with Crippen molar-refractivity contribution in [2.24, 2.45) is 5.92 Å². The molecule has 3 atom stereocenters. The Morgan fingerprint density at radius 3 is 2.52 bits per heavy atom. The number of methoxy groups -OCH3 is 1. The minimum atomic E-state index is -3.71. The van der Waals surface area contributed by atoms with Crippen molar-refractivity contribution in [3.05, 3.63) is 92.5 Å². The monoisotopic (exact) mass is 915 g/mol. The van der Waals surface area contributed by atoms with Gasteiger partial charge in [-0.3, -0.25) is 24.1 Å². The molecule has 5 aromatic rings. The number of ether oxygens (including phenoxy) is 2. The average Bonchev–Trinajstić information content (AvgIpc) is 3.88. The van der Waals surface area contributed by atoms with Crippen molar-refractivity contribution in [2.75, 3.05) is 33.3 Å². The quantitative estimate of drug-likeness (QED) is 0.136. The molecule has 3 aromatic carbocycles. The van der Waals surface area contributed by atoms with Gasteiger partial charge in [0.05, 0.1) is 23.3 Å². The van der Waals surface area contributed by atoms with E-state index in [2.05, 4.69) is 57.1 Å².